The van der Waals surface area contributed by atoms with Crippen molar-refractivity contribution in [2.24, 2.45) is 0 Å². The lowest BCUT2D eigenvalue weighted by molar-refractivity contribution is -0.121. The highest BCUT2D eigenvalue weighted by Crippen LogP contribution is 2.28. The summed E-state index contributed by atoms with van der Waals surface area (Å²) in [4.78, 5) is 11.8. The third-order valence-electron chi connectivity index (χ3n) is 3.61. The number of sulfone groups is 1. The van der Waals surface area contributed by atoms with Crippen molar-refractivity contribution in [1.29, 1.82) is 0 Å². The smallest absolute Gasteiger partial charge is 0.220 e. The molecule has 0 aromatic heterocycles. The van der Waals surface area contributed by atoms with Gasteiger partial charge in [-0.15, -0.1) is 0 Å². The van der Waals surface area contributed by atoms with Crippen LogP contribution in [0.4, 0.5) is 0 Å². The predicted molar refractivity (Wildman–Crippen MR) is 86.2 cm³/mol. The summed E-state index contributed by atoms with van der Waals surface area (Å²) in [6.45, 7) is 6.46. The maximum Gasteiger partial charge on any atom is 0.220 e. The predicted octanol–water partition coefficient (Wildman–Crippen LogP) is 2.21. The minimum atomic E-state index is -3.02. The summed E-state index contributed by atoms with van der Waals surface area (Å²) < 4.78 is 22.0. The summed E-state index contributed by atoms with van der Waals surface area (Å²) in [5, 5.41) is 2.65. The molecule has 0 atom stereocenters. The third-order valence-corrected chi connectivity index (χ3v) is 4.55. The SMILES string of the molecule is Cc1ccc(C(C)(C)CCC(=O)NCCS(C)(=O)=O)cc1. The highest BCUT2D eigenvalue weighted by Gasteiger charge is 2.21. The molecular weight excluding hydrogens is 286 g/mol. The van der Waals surface area contributed by atoms with Crippen LogP contribution in [-0.4, -0.2) is 32.9 Å². The van der Waals surface area contributed by atoms with Gasteiger partial charge in [0.2, 0.25) is 5.91 Å². The Kier molecular flexibility index (Phi) is 5.96. The molecule has 0 bridgehead atoms. The zero-order chi connectivity index (χ0) is 16.1. The van der Waals surface area contributed by atoms with Crippen LogP contribution >= 0.6 is 0 Å². The number of carbonyl (C=O) groups is 1. The van der Waals surface area contributed by atoms with Crippen LogP contribution in [0, 0.1) is 6.92 Å². The maximum absolute atomic E-state index is 11.8. The van der Waals surface area contributed by atoms with Crippen molar-refractivity contribution in [2.45, 2.75) is 39.0 Å². The van der Waals surface area contributed by atoms with E-state index >= 15 is 0 Å². The number of rotatable bonds is 7. The van der Waals surface area contributed by atoms with Gasteiger partial charge >= 0.3 is 0 Å². The van der Waals surface area contributed by atoms with Crippen LogP contribution in [-0.2, 0) is 20.0 Å². The first-order valence-electron chi connectivity index (χ1n) is 7.12. The molecule has 0 unspecified atom stereocenters. The molecular formula is C16H25NO3S. The number of hydrogen-bond donors (Lipinski definition) is 1. The fourth-order valence-electron chi connectivity index (χ4n) is 2.04. The molecule has 0 saturated heterocycles. The molecule has 0 heterocycles. The second kappa shape index (κ2) is 7.07. The zero-order valence-electron chi connectivity index (χ0n) is 13.3. The Labute approximate surface area is 127 Å². The van der Waals surface area contributed by atoms with Gasteiger partial charge in [0.05, 0.1) is 5.75 Å². The van der Waals surface area contributed by atoms with E-state index in [9.17, 15) is 13.2 Å². The monoisotopic (exact) mass is 311 g/mol. The van der Waals surface area contributed by atoms with Gasteiger partial charge in [-0.3, -0.25) is 4.79 Å². The quantitative estimate of drug-likeness (QED) is 0.840. The molecule has 0 saturated carbocycles. The summed E-state index contributed by atoms with van der Waals surface area (Å²) in [5.74, 6) is -0.112. The number of amides is 1. The number of nitrogens with one attached hydrogen (secondary N) is 1. The van der Waals surface area contributed by atoms with E-state index in [0.29, 0.717) is 6.42 Å². The molecule has 1 aromatic carbocycles. The molecule has 0 aliphatic heterocycles. The van der Waals surface area contributed by atoms with Crippen LogP contribution in [0.5, 0.6) is 0 Å². The van der Waals surface area contributed by atoms with Crippen LogP contribution in [0.25, 0.3) is 0 Å². The molecule has 0 fully saturated rings. The van der Waals surface area contributed by atoms with Gasteiger partial charge in [0.15, 0.2) is 0 Å². The molecule has 1 rings (SSSR count). The molecule has 5 heteroatoms. The Bertz CT molecular complexity index is 574. The lowest BCUT2D eigenvalue weighted by Gasteiger charge is -2.25. The molecule has 21 heavy (non-hydrogen) atoms. The van der Waals surface area contributed by atoms with E-state index in [4.69, 9.17) is 0 Å². The van der Waals surface area contributed by atoms with Gasteiger partial charge in [-0.2, -0.15) is 0 Å². The lowest BCUT2D eigenvalue weighted by Crippen LogP contribution is -2.30. The van der Waals surface area contributed by atoms with E-state index in [2.05, 4.69) is 43.4 Å². The number of hydrogen-bond acceptors (Lipinski definition) is 3. The fourth-order valence-corrected chi connectivity index (χ4v) is 2.51. The summed E-state index contributed by atoms with van der Waals surface area (Å²) >= 11 is 0. The Balaban J connectivity index is 2.46. The summed E-state index contributed by atoms with van der Waals surface area (Å²) in [6.07, 6.45) is 2.28. The number of benzene rings is 1. The van der Waals surface area contributed by atoms with Gasteiger partial charge < -0.3 is 5.32 Å². The summed E-state index contributed by atoms with van der Waals surface area (Å²) in [5.41, 5.74) is 2.34. The van der Waals surface area contributed by atoms with E-state index in [-0.39, 0.29) is 23.6 Å². The van der Waals surface area contributed by atoms with Crippen LogP contribution in [0.3, 0.4) is 0 Å². The van der Waals surface area contributed by atoms with Crippen molar-refractivity contribution >= 4 is 15.7 Å². The van der Waals surface area contributed by atoms with Crippen LogP contribution < -0.4 is 5.32 Å². The third kappa shape index (κ3) is 6.76. The molecule has 118 valence electrons. The van der Waals surface area contributed by atoms with E-state index < -0.39 is 9.84 Å². The number of aryl methyl sites for hydroxylation is 1. The van der Waals surface area contributed by atoms with Crippen LogP contribution in [0.15, 0.2) is 24.3 Å². The molecule has 0 aliphatic carbocycles. The lowest BCUT2D eigenvalue weighted by atomic mass is 9.80. The second-order valence-electron chi connectivity index (χ2n) is 6.23. The molecule has 4 nitrogen and oxygen atoms in total. The minimum Gasteiger partial charge on any atom is -0.355 e. The molecule has 1 aromatic rings. The largest absolute Gasteiger partial charge is 0.355 e. The minimum absolute atomic E-state index is 0.0138. The highest BCUT2D eigenvalue weighted by molar-refractivity contribution is 7.90. The van der Waals surface area contributed by atoms with Crippen LogP contribution in [0.2, 0.25) is 0 Å². The normalized spacial score (nSPS) is 12.2. The van der Waals surface area contributed by atoms with Gasteiger partial charge in [0.1, 0.15) is 9.84 Å². The topological polar surface area (TPSA) is 63.2 Å². The van der Waals surface area contributed by atoms with Gasteiger partial charge in [-0.05, 0) is 24.3 Å². The van der Waals surface area contributed by atoms with Crippen molar-refractivity contribution in [3.63, 3.8) is 0 Å². The Hall–Kier alpha value is -1.36. The first-order chi connectivity index (χ1) is 9.60. The standard InChI is InChI=1S/C16H25NO3S/c1-13-5-7-14(8-6-13)16(2,3)10-9-15(18)17-11-12-21(4,19)20/h5-8H,9-12H2,1-4H3,(H,17,18). The van der Waals surface area contributed by atoms with Crippen LogP contribution in [0.1, 0.15) is 37.8 Å². The molecule has 0 radical (unpaired) electrons. The van der Waals surface area contributed by atoms with Gasteiger partial charge in [-0.25, -0.2) is 8.42 Å². The van der Waals surface area contributed by atoms with Crippen molar-refractivity contribution in [3.8, 4) is 0 Å². The van der Waals surface area contributed by atoms with E-state index in [1.165, 1.54) is 17.4 Å². The first-order valence-corrected chi connectivity index (χ1v) is 9.18. The van der Waals surface area contributed by atoms with Crippen molar-refractivity contribution in [1.82, 2.24) is 5.32 Å². The van der Waals surface area contributed by atoms with E-state index in [0.717, 1.165) is 6.42 Å². The summed E-state index contributed by atoms with van der Waals surface area (Å²) in [7, 11) is -3.02. The average molecular weight is 311 g/mol. The number of carbonyl (C=O) groups excluding carboxylic acids is 1. The Morgan fingerprint density at radius 1 is 1.19 bits per heavy atom. The van der Waals surface area contributed by atoms with E-state index in [1.807, 2.05) is 6.92 Å². The second-order valence-corrected chi connectivity index (χ2v) is 8.49. The Morgan fingerprint density at radius 3 is 2.29 bits per heavy atom. The first kappa shape index (κ1) is 17.7. The zero-order valence-corrected chi connectivity index (χ0v) is 14.1. The van der Waals surface area contributed by atoms with E-state index in [1.54, 1.807) is 0 Å². The average Bonchev–Trinajstić information content (AvgIpc) is 2.35. The maximum atomic E-state index is 11.8. The van der Waals surface area contributed by atoms with Gasteiger partial charge in [0, 0.05) is 19.2 Å². The van der Waals surface area contributed by atoms with Crippen molar-refractivity contribution < 1.29 is 13.2 Å². The fraction of sp³-hybridized carbons (Fsp3) is 0.562. The molecule has 0 aliphatic rings. The van der Waals surface area contributed by atoms with Gasteiger partial charge in [-0.1, -0.05) is 43.7 Å². The molecule has 1 N–H and O–H groups in total. The van der Waals surface area contributed by atoms with Crippen molar-refractivity contribution in [2.75, 3.05) is 18.6 Å². The molecule has 0 spiro atoms. The summed E-state index contributed by atoms with van der Waals surface area (Å²) in [6, 6.07) is 8.33. The van der Waals surface area contributed by atoms with Crippen molar-refractivity contribution in [3.05, 3.63) is 35.4 Å². The van der Waals surface area contributed by atoms with Gasteiger partial charge in [0.25, 0.3) is 0 Å². The highest BCUT2D eigenvalue weighted by atomic mass is 32.2. The molecule has 1 amide bonds. The Morgan fingerprint density at radius 2 is 1.76 bits per heavy atom.